The maximum Gasteiger partial charge on any atom is 0.231 e. The zero-order chi connectivity index (χ0) is 16.8. The van der Waals surface area contributed by atoms with E-state index < -0.39 is 0 Å². The number of carbonyl (C=O) groups excluding carboxylic acids is 1. The molecule has 0 radical (unpaired) electrons. The molecule has 0 fully saturated rings. The largest absolute Gasteiger partial charge is 0.454 e. The van der Waals surface area contributed by atoms with Crippen molar-refractivity contribution in [2.75, 3.05) is 18.7 Å². The Bertz CT molecular complexity index is 783. The summed E-state index contributed by atoms with van der Waals surface area (Å²) in [5.74, 6) is 1.39. The Labute approximate surface area is 140 Å². The van der Waals surface area contributed by atoms with Crippen molar-refractivity contribution in [1.29, 1.82) is 5.26 Å². The lowest BCUT2D eigenvalue weighted by Crippen LogP contribution is -2.24. The fourth-order valence-corrected chi connectivity index (χ4v) is 2.36. The van der Waals surface area contributed by atoms with Gasteiger partial charge in [0, 0.05) is 25.2 Å². The van der Waals surface area contributed by atoms with Gasteiger partial charge in [-0.3, -0.25) is 4.79 Å². The number of rotatable bonds is 6. The maximum atomic E-state index is 11.9. The quantitative estimate of drug-likeness (QED) is 0.853. The van der Waals surface area contributed by atoms with Gasteiger partial charge in [0.15, 0.2) is 11.5 Å². The third-order valence-electron chi connectivity index (χ3n) is 3.60. The van der Waals surface area contributed by atoms with Crippen molar-refractivity contribution in [3.8, 4) is 17.6 Å². The fraction of sp³-hybridized carbons (Fsp3) is 0.222. The van der Waals surface area contributed by atoms with Crippen LogP contribution in [0.4, 0.5) is 5.69 Å². The average molecular weight is 323 g/mol. The number of benzene rings is 2. The molecule has 6 heteroatoms. The normalized spacial score (nSPS) is 11.6. The topological polar surface area (TPSA) is 83.4 Å². The van der Waals surface area contributed by atoms with Crippen LogP contribution in [0.1, 0.15) is 17.5 Å². The van der Waals surface area contributed by atoms with Crippen LogP contribution in [0.15, 0.2) is 42.5 Å². The Kier molecular flexibility index (Phi) is 4.82. The minimum atomic E-state index is -0.0448. The molecule has 1 amide bonds. The first kappa shape index (κ1) is 15.7. The smallest absolute Gasteiger partial charge is 0.231 e. The Morgan fingerprint density at radius 1 is 1.17 bits per heavy atom. The van der Waals surface area contributed by atoms with Crippen LogP contribution < -0.4 is 20.1 Å². The molecule has 1 aliphatic heterocycles. The van der Waals surface area contributed by atoms with Crippen LogP contribution in [0.3, 0.4) is 0 Å². The van der Waals surface area contributed by atoms with Gasteiger partial charge < -0.3 is 20.1 Å². The van der Waals surface area contributed by atoms with Crippen molar-refractivity contribution < 1.29 is 14.3 Å². The van der Waals surface area contributed by atoms with Crippen LogP contribution in [0.25, 0.3) is 0 Å². The number of carbonyl (C=O) groups is 1. The Hall–Kier alpha value is -3.20. The van der Waals surface area contributed by atoms with Crippen LogP contribution in [-0.4, -0.2) is 19.2 Å². The first-order valence-corrected chi connectivity index (χ1v) is 7.64. The molecule has 122 valence electrons. The summed E-state index contributed by atoms with van der Waals surface area (Å²) in [7, 11) is 0. The number of nitrogens with one attached hydrogen (secondary N) is 2. The lowest BCUT2D eigenvalue weighted by Gasteiger charge is -2.08. The highest BCUT2D eigenvalue weighted by atomic mass is 16.7. The van der Waals surface area contributed by atoms with E-state index in [9.17, 15) is 4.79 Å². The minimum Gasteiger partial charge on any atom is -0.454 e. The minimum absolute atomic E-state index is 0.0448. The molecule has 0 saturated heterocycles. The van der Waals surface area contributed by atoms with Gasteiger partial charge in [-0.2, -0.15) is 5.26 Å². The number of amides is 1. The molecule has 1 heterocycles. The number of fused-ring (bicyclic) bond motifs is 1. The summed E-state index contributed by atoms with van der Waals surface area (Å²) in [5, 5.41) is 14.9. The molecule has 2 N–H and O–H groups in total. The highest BCUT2D eigenvalue weighted by Gasteiger charge is 2.13. The number of nitrogens with zero attached hydrogens (tertiary/aromatic N) is 1. The number of anilines is 1. The predicted octanol–water partition coefficient (Wildman–Crippen LogP) is 2.41. The summed E-state index contributed by atoms with van der Waals surface area (Å²) in [5.41, 5.74) is 2.38. The number of ether oxygens (including phenoxy) is 2. The molecular formula is C18H17N3O3. The van der Waals surface area contributed by atoms with E-state index >= 15 is 0 Å². The fourth-order valence-electron chi connectivity index (χ4n) is 2.36. The van der Waals surface area contributed by atoms with E-state index in [2.05, 4.69) is 16.7 Å². The van der Waals surface area contributed by atoms with Crippen molar-refractivity contribution in [3.05, 3.63) is 53.6 Å². The number of hydrogen-bond acceptors (Lipinski definition) is 5. The van der Waals surface area contributed by atoms with Crippen molar-refractivity contribution >= 4 is 11.6 Å². The maximum absolute atomic E-state index is 11.9. The van der Waals surface area contributed by atoms with Crippen LogP contribution in [0.2, 0.25) is 0 Å². The molecular weight excluding hydrogens is 306 g/mol. The van der Waals surface area contributed by atoms with Gasteiger partial charge in [-0.05, 0) is 35.9 Å². The van der Waals surface area contributed by atoms with Crippen LogP contribution >= 0.6 is 0 Å². The molecule has 0 atom stereocenters. The summed E-state index contributed by atoms with van der Waals surface area (Å²) in [6, 6.07) is 14.9. The van der Waals surface area contributed by atoms with Gasteiger partial charge in [-0.25, -0.2) is 0 Å². The van der Waals surface area contributed by atoms with E-state index in [1.54, 1.807) is 18.2 Å². The SMILES string of the molecule is N#Cc1cccc(NCCC(=O)NCc2ccc3c(c2)OCO3)c1. The van der Waals surface area contributed by atoms with E-state index in [0.29, 0.717) is 30.8 Å². The molecule has 0 spiro atoms. The third kappa shape index (κ3) is 3.96. The number of nitriles is 1. The second-order valence-corrected chi connectivity index (χ2v) is 5.33. The van der Waals surface area contributed by atoms with E-state index in [-0.39, 0.29) is 12.7 Å². The van der Waals surface area contributed by atoms with Gasteiger partial charge >= 0.3 is 0 Å². The van der Waals surface area contributed by atoms with Gasteiger partial charge in [0.25, 0.3) is 0 Å². The molecule has 3 rings (SSSR count). The van der Waals surface area contributed by atoms with Crippen molar-refractivity contribution in [3.63, 3.8) is 0 Å². The van der Waals surface area contributed by atoms with E-state index in [4.69, 9.17) is 14.7 Å². The highest BCUT2D eigenvalue weighted by Crippen LogP contribution is 2.32. The Balaban J connectivity index is 1.42. The van der Waals surface area contributed by atoms with Gasteiger partial charge in [-0.1, -0.05) is 12.1 Å². The zero-order valence-corrected chi connectivity index (χ0v) is 13.0. The lowest BCUT2D eigenvalue weighted by molar-refractivity contribution is -0.121. The molecule has 0 saturated carbocycles. The van der Waals surface area contributed by atoms with Crippen molar-refractivity contribution in [2.45, 2.75) is 13.0 Å². The van der Waals surface area contributed by atoms with Crippen LogP contribution in [0, 0.1) is 11.3 Å². The van der Waals surface area contributed by atoms with Gasteiger partial charge in [0.2, 0.25) is 12.7 Å². The third-order valence-corrected chi connectivity index (χ3v) is 3.60. The number of hydrogen-bond donors (Lipinski definition) is 2. The molecule has 0 bridgehead atoms. The Morgan fingerprint density at radius 3 is 2.92 bits per heavy atom. The van der Waals surface area contributed by atoms with E-state index in [1.807, 2.05) is 24.3 Å². The lowest BCUT2D eigenvalue weighted by atomic mass is 10.2. The summed E-state index contributed by atoms with van der Waals surface area (Å²) >= 11 is 0. The second kappa shape index (κ2) is 7.38. The predicted molar refractivity (Wildman–Crippen MR) is 88.7 cm³/mol. The average Bonchev–Trinajstić information content (AvgIpc) is 3.08. The molecule has 6 nitrogen and oxygen atoms in total. The van der Waals surface area contributed by atoms with Crippen LogP contribution in [-0.2, 0) is 11.3 Å². The standard InChI is InChI=1S/C18H17N3O3/c19-10-13-2-1-3-15(8-13)20-7-6-18(22)21-11-14-4-5-16-17(9-14)24-12-23-16/h1-5,8-9,20H,6-7,11-12H2,(H,21,22). The summed E-state index contributed by atoms with van der Waals surface area (Å²) in [4.78, 5) is 11.9. The molecule has 0 aromatic heterocycles. The summed E-state index contributed by atoms with van der Waals surface area (Å²) in [6.07, 6.45) is 0.349. The Morgan fingerprint density at radius 2 is 2.04 bits per heavy atom. The first-order chi connectivity index (χ1) is 11.7. The van der Waals surface area contributed by atoms with Gasteiger partial charge in [0.1, 0.15) is 0 Å². The molecule has 24 heavy (non-hydrogen) atoms. The van der Waals surface area contributed by atoms with Crippen LogP contribution in [0.5, 0.6) is 11.5 Å². The van der Waals surface area contributed by atoms with E-state index in [1.165, 1.54) is 0 Å². The molecule has 1 aliphatic rings. The molecule has 2 aromatic rings. The molecule has 0 aliphatic carbocycles. The highest BCUT2D eigenvalue weighted by molar-refractivity contribution is 5.76. The van der Waals surface area contributed by atoms with Crippen molar-refractivity contribution in [1.82, 2.24) is 5.32 Å². The van der Waals surface area contributed by atoms with Gasteiger partial charge in [-0.15, -0.1) is 0 Å². The second-order valence-electron chi connectivity index (χ2n) is 5.33. The molecule has 0 unspecified atom stereocenters. The first-order valence-electron chi connectivity index (χ1n) is 7.64. The summed E-state index contributed by atoms with van der Waals surface area (Å²) in [6.45, 7) is 1.19. The van der Waals surface area contributed by atoms with E-state index in [0.717, 1.165) is 17.0 Å². The van der Waals surface area contributed by atoms with Crippen molar-refractivity contribution in [2.24, 2.45) is 0 Å². The monoisotopic (exact) mass is 323 g/mol. The summed E-state index contributed by atoms with van der Waals surface area (Å²) < 4.78 is 10.6. The van der Waals surface area contributed by atoms with Gasteiger partial charge in [0.05, 0.1) is 11.6 Å². The molecule has 2 aromatic carbocycles. The zero-order valence-electron chi connectivity index (χ0n) is 13.0.